The molecule has 0 spiro atoms. The van der Waals surface area contributed by atoms with Gasteiger partial charge in [-0.15, -0.1) is 0 Å². The van der Waals surface area contributed by atoms with Gasteiger partial charge in [0.25, 0.3) is 0 Å². The van der Waals surface area contributed by atoms with Crippen molar-refractivity contribution in [1.82, 2.24) is 5.32 Å². The van der Waals surface area contributed by atoms with Gasteiger partial charge in [-0.25, -0.2) is 4.79 Å². The molecular formula is C10H21N2O+. The molecule has 0 aromatic rings. The highest BCUT2D eigenvalue weighted by Gasteiger charge is 2.34. The molecule has 1 aliphatic rings. The van der Waals surface area contributed by atoms with E-state index in [-0.39, 0.29) is 0 Å². The zero-order valence-electron chi connectivity index (χ0n) is 8.75. The predicted molar refractivity (Wildman–Crippen MR) is 53.3 cm³/mol. The van der Waals surface area contributed by atoms with Gasteiger partial charge in [0.1, 0.15) is 6.04 Å². The topological polar surface area (TPSA) is 29.1 Å². The molecule has 1 rings (SSSR count). The van der Waals surface area contributed by atoms with Crippen LogP contribution in [0.2, 0.25) is 0 Å². The van der Waals surface area contributed by atoms with Gasteiger partial charge in [0.2, 0.25) is 0 Å². The summed E-state index contributed by atoms with van der Waals surface area (Å²) in [7, 11) is 0. The number of hydrogen-bond acceptors (Lipinski definition) is 2. The third kappa shape index (κ3) is 2.09. The van der Waals surface area contributed by atoms with Crippen molar-refractivity contribution >= 4 is 6.41 Å². The molecule has 1 aliphatic heterocycles. The maximum Gasteiger partial charge on any atom is 0.301 e. The molecule has 1 unspecified atom stereocenters. The second-order valence-electron chi connectivity index (χ2n) is 3.84. The quantitative estimate of drug-likeness (QED) is 0.517. The lowest BCUT2D eigenvalue weighted by Crippen LogP contribution is -2.59. The minimum atomic E-state index is 0.501. The first kappa shape index (κ1) is 10.7. The highest BCUT2D eigenvalue weighted by molar-refractivity contribution is 5.37. The Morgan fingerprint density at radius 3 is 2.54 bits per heavy atom. The fraction of sp³-hybridized carbons (Fsp3) is 0.900. The zero-order valence-corrected chi connectivity index (χ0v) is 8.75. The number of hydrogen-bond donors (Lipinski definition) is 1. The third-order valence-electron chi connectivity index (χ3n) is 3.39. The minimum absolute atomic E-state index is 0.501. The number of nitrogens with zero attached hydrogens (tertiary/aromatic N) is 1. The van der Waals surface area contributed by atoms with E-state index in [4.69, 9.17) is 0 Å². The summed E-state index contributed by atoms with van der Waals surface area (Å²) in [5, 5.41) is 3.37. The maximum atomic E-state index is 11.1. The molecule has 0 aromatic carbocycles. The van der Waals surface area contributed by atoms with Gasteiger partial charge in [-0.1, -0.05) is 0 Å². The van der Waals surface area contributed by atoms with Crippen LogP contribution in [0.25, 0.3) is 0 Å². The van der Waals surface area contributed by atoms with Gasteiger partial charge in [-0.2, -0.15) is 0 Å². The molecule has 1 saturated heterocycles. The van der Waals surface area contributed by atoms with E-state index in [2.05, 4.69) is 19.2 Å². The van der Waals surface area contributed by atoms with Gasteiger partial charge < -0.3 is 5.32 Å². The fourth-order valence-corrected chi connectivity index (χ4v) is 2.25. The number of likely N-dealkylation sites (N-methyl/N-ethyl adjacent to an activating group) is 1. The second kappa shape index (κ2) is 4.72. The van der Waals surface area contributed by atoms with Crippen LogP contribution in [-0.4, -0.2) is 43.1 Å². The lowest BCUT2D eigenvalue weighted by Gasteiger charge is -2.39. The summed E-state index contributed by atoms with van der Waals surface area (Å²) < 4.78 is 0.632. The van der Waals surface area contributed by atoms with Crippen LogP contribution in [0.3, 0.4) is 0 Å². The van der Waals surface area contributed by atoms with Crippen molar-refractivity contribution in [2.75, 3.05) is 26.2 Å². The molecule has 1 fully saturated rings. The smallest absolute Gasteiger partial charge is 0.301 e. The average Bonchev–Trinajstić information content (AvgIpc) is 2.23. The molecule has 3 nitrogen and oxygen atoms in total. The van der Waals surface area contributed by atoms with E-state index in [0.29, 0.717) is 10.5 Å². The van der Waals surface area contributed by atoms with Crippen LogP contribution in [0.4, 0.5) is 0 Å². The summed E-state index contributed by atoms with van der Waals surface area (Å²) >= 11 is 0. The van der Waals surface area contributed by atoms with Crippen LogP contribution in [-0.2, 0) is 4.79 Å². The SMILES string of the molecule is CC[N+](C=O)(CC)C1CCCNC1. The fourth-order valence-electron chi connectivity index (χ4n) is 2.25. The average molecular weight is 185 g/mol. The first-order valence-electron chi connectivity index (χ1n) is 5.32. The van der Waals surface area contributed by atoms with Gasteiger partial charge in [0.15, 0.2) is 0 Å². The Morgan fingerprint density at radius 1 is 1.46 bits per heavy atom. The van der Waals surface area contributed by atoms with E-state index in [1.807, 2.05) is 0 Å². The maximum absolute atomic E-state index is 11.1. The van der Waals surface area contributed by atoms with E-state index in [9.17, 15) is 4.79 Å². The van der Waals surface area contributed by atoms with Crippen LogP contribution in [0, 0.1) is 0 Å². The molecule has 1 atom stereocenters. The Kier molecular flexibility index (Phi) is 3.88. The summed E-state index contributed by atoms with van der Waals surface area (Å²) in [4.78, 5) is 11.1. The monoisotopic (exact) mass is 185 g/mol. The number of amides is 1. The molecular weight excluding hydrogens is 164 g/mol. The predicted octanol–water partition coefficient (Wildman–Crippen LogP) is 0.751. The van der Waals surface area contributed by atoms with Crippen molar-refractivity contribution in [3.8, 4) is 0 Å². The molecule has 3 heteroatoms. The van der Waals surface area contributed by atoms with E-state index in [1.165, 1.54) is 12.8 Å². The standard InChI is InChI=1S/C10H21N2O/c1-3-12(4-2,9-13)10-6-5-7-11-8-10/h9-11H,3-8H2,1-2H3/q+1. The Hall–Kier alpha value is -0.410. The third-order valence-corrected chi connectivity index (χ3v) is 3.39. The van der Waals surface area contributed by atoms with Gasteiger partial charge in [-0.05, 0) is 26.8 Å². The Morgan fingerprint density at radius 2 is 2.15 bits per heavy atom. The van der Waals surface area contributed by atoms with Gasteiger partial charge >= 0.3 is 6.41 Å². The van der Waals surface area contributed by atoms with Crippen LogP contribution < -0.4 is 5.32 Å². The van der Waals surface area contributed by atoms with Gasteiger partial charge in [0, 0.05) is 13.0 Å². The molecule has 0 bridgehead atoms. The number of piperidine rings is 1. The van der Waals surface area contributed by atoms with Crippen LogP contribution >= 0.6 is 0 Å². The summed E-state index contributed by atoms with van der Waals surface area (Å²) in [6.07, 6.45) is 3.53. The first-order valence-corrected chi connectivity index (χ1v) is 5.32. The van der Waals surface area contributed by atoms with E-state index in [1.54, 1.807) is 0 Å². The Bertz CT molecular complexity index is 160. The van der Waals surface area contributed by atoms with Crippen LogP contribution in [0.5, 0.6) is 0 Å². The number of nitrogens with one attached hydrogen (secondary N) is 1. The zero-order chi connectivity index (χ0) is 9.73. The molecule has 1 N–H and O–H groups in total. The van der Waals surface area contributed by atoms with Crippen LogP contribution in [0.1, 0.15) is 26.7 Å². The number of carbonyl (C=O) groups excluding carboxylic acids is 1. The van der Waals surface area contributed by atoms with E-state index >= 15 is 0 Å². The molecule has 1 amide bonds. The highest BCUT2D eigenvalue weighted by Crippen LogP contribution is 2.17. The van der Waals surface area contributed by atoms with Crippen molar-refractivity contribution in [2.45, 2.75) is 32.7 Å². The summed E-state index contributed by atoms with van der Waals surface area (Å²) in [6, 6.07) is 0.501. The molecule has 13 heavy (non-hydrogen) atoms. The lowest BCUT2D eigenvalue weighted by atomic mass is 10.0. The highest BCUT2D eigenvalue weighted by atomic mass is 16.1. The Labute approximate surface area is 80.7 Å². The van der Waals surface area contributed by atoms with Crippen molar-refractivity contribution in [1.29, 1.82) is 0 Å². The molecule has 0 aromatic heterocycles. The van der Waals surface area contributed by atoms with Crippen molar-refractivity contribution < 1.29 is 9.28 Å². The van der Waals surface area contributed by atoms with E-state index < -0.39 is 0 Å². The molecule has 1 heterocycles. The number of quaternary nitrogens is 1. The Balaban J connectivity index is 2.66. The summed E-state index contributed by atoms with van der Waals surface area (Å²) in [6.45, 7) is 8.17. The largest absolute Gasteiger partial charge is 0.311 e. The van der Waals surface area contributed by atoms with Crippen LogP contribution in [0.15, 0.2) is 0 Å². The number of carbonyl (C=O) groups is 1. The van der Waals surface area contributed by atoms with Gasteiger partial charge in [-0.3, -0.25) is 4.48 Å². The molecule has 0 aliphatic carbocycles. The normalized spacial score (nSPS) is 24.3. The first-order chi connectivity index (χ1) is 6.29. The summed E-state index contributed by atoms with van der Waals surface area (Å²) in [5.74, 6) is 0. The lowest BCUT2D eigenvalue weighted by molar-refractivity contribution is -0.867. The summed E-state index contributed by atoms with van der Waals surface area (Å²) in [5.41, 5.74) is 0. The second-order valence-corrected chi connectivity index (χ2v) is 3.84. The number of rotatable bonds is 4. The van der Waals surface area contributed by atoms with Crippen molar-refractivity contribution in [2.24, 2.45) is 0 Å². The van der Waals surface area contributed by atoms with E-state index in [0.717, 1.165) is 32.6 Å². The molecule has 0 saturated carbocycles. The minimum Gasteiger partial charge on any atom is -0.311 e. The van der Waals surface area contributed by atoms with Crippen molar-refractivity contribution in [3.63, 3.8) is 0 Å². The molecule has 76 valence electrons. The molecule has 0 radical (unpaired) electrons. The van der Waals surface area contributed by atoms with Gasteiger partial charge in [0.05, 0.1) is 13.1 Å². The van der Waals surface area contributed by atoms with Crippen molar-refractivity contribution in [3.05, 3.63) is 0 Å².